The molecule has 0 atom stereocenters. The number of halogens is 1. The number of amides is 1. The third-order valence-electron chi connectivity index (χ3n) is 4.67. The maximum atomic E-state index is 13.1. The second-order valence-electron chi connectivity index (χ2n) is 6.60. The minimum Gasteiger partial charge on any atom is -0.383 e. The first-order valence-electron chi connectivity index (χ1n) is 9.50. The number of rotatable bonds is 10. The minimum absolute atomic E-state index is 0.0979. The van der Waals surface area contributed by atoms with Crippen molar-refractivity contribution in [1.29, 1.82) is 0 Å². The summed E-state index contributed by atoms with van der Waals surface area (Å²) in [6.45, 7) is 5.02. The van der Waals surface area contributed by atoms with Crippen LogP contribution in [0.3, 0.4) is 0 Å². The van der Waals surface area contributed by atoms with E-state index in [-0.39, 0.29) is 16.8 Å². The molecule has 6 nitrogen and oxygen atoms in total. The third-order valence-corrected chi connectivity index (χ3v) is 6.59. The molecule has 0 fully saturated rings. The molecule has 0 saturated carbocycles. The fourth-order valence-electron chi connectivity index (χ4n) is 3.08. The number of carbonyl (C=O) groups excluding carboxylic acids is 1. The molecule has 0 saturated heterocycles. The van der Waals surface area contributed by atoms with Crippen molar-refractivity contribution in [2.24, 2.45) is 0 Å². The van der Waals surface area contributed by atoms with Gasteiger partial charge < -0.3 is 9.64 Å². The van der Waals surface area contributed by atoms with E-state index >= 15 is 0 Å². The predicted octanol–water partition coefficient (Wildman–Crippen LogP) is 4.53. The summed E-state index contributed by atoms with van der Waals surface area (Å²) in [4.78, 5) is 15.1. The van der Waals surface area contributed by atoms with E-state index in [2.05, 4.69) is 20.7 Å². The number of nitrogens with one attached hydrogen (secondary N) is 1. The molecule has 2 aromatic rings. The van der Waals surface area contributed by atoms with Gasteiger partial charge in [-0.05, 0) is 55.3 Å². The smallest absolute Gasteiger partial charge is 0.261 e. The molecular weight excluding hydrogens is 456 g/mol. The molecule has 0 spiro atoms. The standard InChI is InChI=1S/C21H27BrN2O4S/c1-4-19(5-2)24(13-14-28-3)21(25)16-7-6-8-18(15-16)23-29(26,27)20-11-9-17(22)10-12-20/h6-12,15,19,23H,4-5,13-14H2,1-3H3. The van der Waals surface area contributed by atoms with E-state index in [1.165, 1.54) is 12.1 Å². The number of nitrogens with zero attached hydrogens (tertiary/aromatic N) is 1. The summed E-state index contributed by atoms with van der Waals surface area (Å²) in [6.07, 6.45) is 1.67. The predicted molar refractivity (Wildman–Crippen MR) is 119 cm³/mol. The summed E-state index contributed by atoms with van der Waals surface area (Å²) < 4.78 is 33.8. The normalized spacial score (nSPS) is 11.5. The number of sulfonamides is 1. The highest BCUT2D eigenvalue weighted by Gasteiger charge is 2.23. The van der Waals surface area contributed by atoms with Crippen LogP contribution < -0.4 is 4.72 Å². The van der Waals surface area contributed by atoms with Crippen LogP contribution in [0.25, 0.3) is 0 Å². The molecule has 1 N–H and O–H groups in total. The number of benzene rings is 2. The summed E-state index contributed by atoms with van der Waals surface area (Å²) >= 11 is 3.29. The zero-order valence-corrected chi connectivity index (χ0v) is 19.3. The zero-order chi connectivity index (χ0) is 21.4. The van der Waals surface area contributed by atoms with Crippen LogP contribution in [-0.2, 0) is 14.8 Å². The first-order valence-corrected chi connectivity index (χ1v) is 11.8. The number of methoxy groups -OCH3 is 1. The quantitative estimate of drug-likeness (QED) is 0.539. The summed E-state index contributed by atoms with van der Waals surface area (Å²) in [7, 11) is -2.14. The third kappa shape index (κ3) is 6.29. The van der Waals surface area contributed by atoms with Gasteiger partial charge in [-0.3, -0.25) is 9.52 Å². The second-order valence-corrected chi connectivity index (χ2v) is 9.20. The van der Waals surface area contributed by atoms with Crippen LogP contribution in [0, 0.1) is 0 Å². The Hall–Kier alpha value is -1.90. The van der Waals surface area contributed by atoms with E-state index in [0.717, 1.165) is 17.3 Å². The molecule has 0 bridgehead atoms. The maximum Gasteiger partial charge on any atom is 0.261 e. The summed E-state index contributed by atoms with van der Waals surface area (Å²) in [5.74, 6) is -0.138. The van der Waals surface area contributed by atoms with Crippen molar-refractivity contribution in [3.8, 4) is 0 Å². The van der Waals surface area contributed by atoms with Gasteiger partial charge in [0.25, 0.3) is 15.9 Å². The van der Waals surface area contributed by atoms with Gasteiger partial charge in [0.1, 0.15) is 0 Å². The molecule has 158 valence electrons. The van der Waals surface area contributed by atoms with Crippen LogP contribution >= 0.6 is 15.9 Å². The van der Waals surface area contributed by atoms with Crippen molar-refractivity contribution in [1.82, 2.24) is 4.90 Å². The van der Waals surface area contributed by atoms with Gasteiger partial charge in [0.15, 0.2) is 0 Å². The highest BCUT2D eigenvalue weighted by atomic mass is 79.9. The van der Waals surface area contributed by atoms with E-state index in [1.807, 2.05) is 13.8 Å². The number of anilines is 1. The zero-order valence-electron chi connectivity index (χ0n) is 16.9. The molecule has 29 heavy (non-hydrogen) atoms. The number of hydrogen-bond donors (Lipinski definition) is 1. The molecule has 0 aromatic heterocycles. The van der Waals surface area contributed by atoms with Gasteiger partial charge in [-0.15, -0.1) is 0 Å². The van der Waals surface area contributed by atoms with Crippen molar-refractivity contribution in [2.45, 2.75) is 37.6 Å². The van der Waals surface area contributed by atoms with Crippen molar-refractivity contribution >= 4 is 37.5 Å². The Morgan fingerprint density at radius 3 is 2.38 bits per heavy atom. The fourth-order valence-corrected chi connectivity index (χ4v) is 4.39. The van der Waals surface area contributed by atoms with Gasteiger partial charge in [0, 0.05) is 35.4 Å². The van der Waals surface area contributed by atoms with E-state index in [9.17, 15) is 13.2 Å². The van der Waals surface area contributed by atoms with Gasteiger partial charge in [0.2, 0.25) is 0 Å². The average molecular weight is 483 g/mol. The van der Waals surface area contributed by atoms with E-state index in [4.69, 9.17) is 4.74 Å². The first kappa shape index (κ1) is 23.4. The monoisotopic (exact) mass is 482 g/mol. The molecule has 1 amide bonds. The van der Waals surface area contributed by atoms with Crippen LogP contribution in [-0.4, -0.2) is 45.5 Å². The summed E-state index contributed by atoms with van der Waals surface area (Å²) in [5, 5.41) is 0. The molecule has 0 aliphatic rings. The number of carbonyl (C=O) groups is 1. The Morgan fingerprint density at radius 1 is 1.14 bits per heavy atom. The molecule has 0 aliphatic carbocycles. The molecule has 0 aliphatic heterocycles. The van der Waals surface area contributed by atoms with Crippen LogP contribution in [0.15, 0.2) is 57.9 Å². The Labute approximate surface area is 181 Å². The Kier molecular flexibility index (Phi) is 8.67. The highest BCUT2D eigenvalue weighted by molar-refractivity contribution is 9.10. The van der Waals surface area contributed by atoms with Crippen LogP contribution in [0.5, 0.6) is 0 Å². The number of ether oxygens (including phenoxy) is 1. The lowest BCUT2D eigenvalue weighted by atomic mass is 10.1. The van der Waals surface area contributed by atoms with Crippen LogP contribution in [0.4, 0.5) is 5.69 Å². The van der Waals surface area contributed by atoms with Crippen molar-refractivity contribution in [3.63, 3.8) is 0 Å². The molecule has 0 unspecified atom stereocenters. The largest absolute Gasteiger partial charge is 0.383 e. The minimum atomic E-state index is -3.75. The molecule has 2 rings (SSSR count). The topological polar surface area (TPSA) is 75.7 Å². The van der Waals surface area contributed by atoms with Gasteiger partial charge in [0.05, 0.1) is 11.5 Å². The molecular formula is C21H27BrN2O4S. The number of hydrogen-bond acceptors (Lipinski definition) is 4. The second kappa shape index (κ2) is 10.8. The highest BCUT2D eigenvalue weighted by Crippen LogP contribution is 2.21. The lowest BCUT2D eigenvalue weighted by molar-refractivity contribution is 0.0589. The Bertz CT molecular complexity index is 913. The molecule has 2 aromatic carbocycles. The SMILES string of the molecule is CCC(CC)N(CCOC)C(=O)c1cccc(NS(=O)(=O)c2ccc(Br)cc2)c1. The summed E-state index contributed by atoms with van der Waals surface area (Å²) in [6, 6.07) is 13.0. The maximum absolute atomic E-state index is 13.1. The van der Waals surface area contributed by atoms with Gasteiger partial charge >= 0.3 is 0 Å². The lowest BCUT2D eigenvalue weighted by Crippen LogP contribution is -2.41. The van der Waals surface area contributed by atoms with Crippen molar-refractivity contribution in [3.05, 3.63) is 58.6 Å². The van der Waals surface area contributed by atoms with Crippen molar-refractivity contribution in [2.75, 3.05) is 25.0 Å². The molecule has 8 heteroatoms. The molecule has 0 radical (unpaired) electrons. The van der Waals surface area contributed by atoms with E-state index in [1.54, 1.807) is 48.4 Å². The fraction of sp³-hybridized carbons (Fsp3) is 0.381. The Morgan fingerprint density at radius 2 is 1.79 bits per heavy atom. The van der Waals surface area contributed by atoms with Gasteiger partial charge in [-0.25, -0.2) is 8.42 Å². The average Bonchev–Trinajstić information content (AvgIpc) is 2.71. The summed E-state index contributed by atoms with van der Waals surface area (Å²) in [5.41, 5.74) is 0.777. The van der Waals surface area contributed by atoms with Crippen LogP contribution in [0.1, 0.15) is 37.0 Å². The van der Waals surface area contributed by atoms with Gasteiger partial charge in [-0.1, -0.05) is 35.8 Å². The van der Waals surface area contributed by atoms with E-state index in [0.29, 0.717) is 24.4 Å². The van der Waals surface area contributed by atoms with Crippen molar-refractivity contribution < 1.29 is 17.9 Å². The first-order chi connectivity index (χ1) is 13.8. The lowest BCUT2D eigenvalue weighted by Gasteiger charge is -2.30. The van der Waals surface area contributed by atoms with E-state index < -0.39 is 10.0 Å². The molecule has 0 heterocycles. The van der Waals surface area contributed by atoms with Gasteiger partial charge in [-0.2, -0.15) is 0 Å². The Balaban J connectivity index is 2.26. The van der Waals surface area contributed by atoms with Crippen LogP contribution in [0.2, 0.25) is 0 Å².